The van der Waals surface area contributed by atoms with Crippen molar-refractivity contribution in [3.8, 4) is 11.5 Å². The molecule has 0 aliphatic carbocycles. The van der Waals surface area contributed by atoms with Gasteiger partial charge in [0, 0.05) is 30.5 Å². The van der Waals surface area contributed by atoms with Crippen LogP contribution >= 0.6 is 15.9 Å². The Balaban J connectivity index is 2.10. The minimum atomic E-state index is 0.452. The number of hydrogen-bond acceptors (Lipinski definition) is 4. The summed E-state index contributed by atoms with van der Waals surface area (Å²) in [5.74, 6) is 1.44. The van der Waals surface area contributed by atoms with E-state index in [0.717, 1.165) is 34.3 Å². The van der Waals surface area contributed by atoms with Gasteiger partial charge in [-0.1, -0.05) is 13.0 Å². The number of aromatic nitrogens is 1. The summed E-state index contributed by atoms with van der Waals surface area (Å²) >= 11 is 3.59. The minimum absolute atomic E-state index is 0.452. The number of nitrogens with zero attached hydrogens (tertiary/aromatic N) is 1. The van der Waals surface area contributed by atoms with Gasteiger partial charge in [0.1, 0.15) is 6.61 Å². The zero-order valence-electron chi connectivity index (χ0n) is 13.8. The van der Waals surface area contributed by atoms with Crippen LogP contribution in [0.2, 0.25) is 0 Å². The lowest BCUT2D eigenvalue weighted by molar-refractivity contribution is 0.282. The normalized spacial score (nSPS) is 12.0. The molecule has 1 atom stereocenters. The molecule has 1 N–H and O–H groups in total. The van der Waals surface area contributed by atoms with Gasteiger partial charge in [-0.15, -0.1) is 0 Å². The molecule has 124 valence electrons. The molecule has 4 nitrogen and oxygen atoms in total. The second kappa shape index (κ2) is 8.89. The highest BCUT2D eigenvalue weighted by atomic mass is 79.9. The van der Waals surface area contributed by atoms with Gasteiger partial charge in [-0.25, -0.2) is 0 Å². The van der Waals surface area contributed by atoms with Gasteiger partial charge >= 0.3 is 0 Å². The molecule has 0 saturated carbocycles. The van der Waals surface area contributed by atoms with Crippen LogP contribution in [0.4, 0.5) is 0 Å². The van der Waals surface area contributed by atoms with E-state index in [1.54, 1.807) is 19.5 Å². The lowest BCUT2D eigenvalue weighted by Crippen LogP contribution is -2.24. The van der Waals surface area contributed by atoms with Gasteiger partial charge in [0.25, 0.3) is 0 Å². The molecule has 1 heterocycles. The third-order valence-corrected chi connectivity index (χ3v) is 4.25. The number of nitrogens with one attached hydrogen (secondary N) is 1. The molecular formula is C18H23BrN2O2. The maximum Gasteiger partial charge on any atom is 0.175 e. The Morgan fingerprint density at radius 2 is 2.13 bits per heavy atom. The SMILES string of the molecule is CCC(C)NCc1cc(Br)c(OCc2cccnc2)c(OC)c1. The van der Waals surface area contributed by atoms with Gasteiger partial charge in [-0.2, -0.15) is 0 Å². The maximum absolute atomic E-state index is 5.91. The minimum Gasteiger partial charge on any atom is -0.493 e. The van der Waals surface area contributed by atoms with Gasteiger partial charge in [-0.3, -0.25) is 4.98 Å². The van der Waals surface area contributed by atoms with Crippen LogP contribution in [0, 0.1) is 0 Å². The average Bonchev–Trinajstić information content (AvgIpc) is 2.59. The predicted octanol–water partition coefficient (Wildman–Crippen LogP) is 4.32. The Hall–Kier alpha value is -1.59. The first-order valence-electron chi connectivity index (χ1n) is 7.75. The molecule has 0 radical (unpaired) electrons. The van der Waals surface area contributed by atoms with Crippen LogP contribution < -0.4 is 14.8 Å². The summed E-state index contributed by atoms with van der Waals surface area (Å²) in [6, 6.07) is 8.45. The molecule has 2 rings (SSSR count). The smallest absolute Gasteiger partial charge is 0.175 e. The van der Waals surface area contributed by atoms with Gasteiger partial charge in [-0.05, 0) is 53.0 Å². The zero-order chi connectivity index (χ0) is 16.7. The zero-order valence-corrected chi connectivity index (χ0v) is 15.4. The fraction of sp³-hybridized carbons (Fsp3) is 0.389. The summed E-state index contributed by atoms with van der Waals surface area (Å²) in [4.78, 5) is 4.09. The summed E-state index contributed by atoms with van der Waals surface area (Å²) < 4.78 is 12.3. The van der Waals surface area contributed by atoms with Gasteiger partial charge in [0.05, 0.1) is 11.6 Å². The van der Waals surface area contributed by atoms with Crippen LogP contribution in [0.15, 0.2) is 41.1 Å². The number of halogens is 1. The fourth-order valence-electron chi connectivity index (χ4n) is 2.09. The van der Waals surface area contributed by atoms with Crippen LogP contribution in [0.1, 0.15) is 31.4 Å². The Morgan fingerprint density at radius 1 is 1.30 bits per heavy atom. The highest BCUT2D eigenvalue weighted by Crippen LogP contribution is 2.37. The summed E-state index contributed by atoms with van der Waals surface area (Å²) in [6.45, 7) is 5.60. The molecule has 0 saturated heterocycles. The monoisotopic (exact) mass is 378 g/mol. The predicted molar refractivity (Wildman–Crippen MR) is 95.9 cm³/mol. The topological polar surface area (TPSA) is 43.4 Å². The van der Waals surface area contributed by atoms with Crippen LogP contribution in [0.3, 0.4) is 0 Å². The largest absolute Gasteiger partial charge is 0.493 e. The van der Waals surface area contributed by atoms with Crippen LogP contribution in [0.25, 0.3) is 0 Å². The third kappa shape index (κ3) is 5.22. The van der Waals surface area contributed by atoms with Crippen LogP contribution in [-0.2, 0) is 13.2 Å². The summed E-state index contributed by atoms with van der Waals surface area (Å²) in [7, 11) is 1.66. The molecule has 1 aromatic carbocycles. The Bertz CT molecular complexity index is 620. The third-order valence-electron chi connectivity index (χ3n) is 3.66. The van der Waals surface area contributed by atoms with Gasteiger partial charge in [0.2, 0.25) is 0 Å². The summed E-state index contributed by atoms with van der Waals surface area (Å²) in [6.07, 6.45) is 4.65. The van der Waals surface area contributed by atoms with Gasteiger partial charge < -0.3 is 14.8 Å². The second-order valence-corrected chi connectivity index (χ2v) is 6.30. The molecule has 0 aliphatic rings. The molecule has 0 aliphatic heterocycles. The van der Waals surface area contributed by atoms with Crippen LogP contribution in [0.5, 0.6) is 11.5 Å². The van der Waals surface area contributed by atoms with Crippen molar-refractivity contribution in [3.05, 3.63) is 52.3 Å². The van der Waals surface area contributed by atoms with Crippen molar-refractivity contribution < 1.29 is 9.47 Å². The van der Waals surface area contributed by atoms with Crippen molar-refractivity contribution in [2.75, 3.05) is 7.11 Å². The molecule has 0 amide bonds. The van der Waals surface area contributed by atoms with E-state index in [2.05, 4.69) is 46.1 Å². The number of pyridine rings is 1. The molecule has 2 aromatic rings. The van der Waals surface area contributed by atoms with Gasteiger partial charge in [0.15, 0.2) is 11.5 Å². The summed E-state index contributed by atoms with van der Waals surface area (Å²) in [5, 5.41) is 3.48. The number of hydrogen-bond donors (Lipinski definition) is 1. The van der Waals surface area contributed by atoms with E-state index in [1.165, 1.54) is 0 Å². The first-order valence-corrected chi connectivity index (χ1v) is 8.54. The fourth-order valence-corrected chi connectivity index (χ4v) is 2.69. The maximum atomic E-state index is 5.91. The molecule has 5 heteroatoms. The first-order chi connectivity index (χ1) is 11.1. The lowest BCUT2D eigenvalue weighted by atomic mass is 10.1. The summed E-state index contributed by atoms with van der Waals surface area (Å²) in [5.41, 5.74) is 2.17. The Kier molecular flexibility index (Phi) is 6.86. The lowest BCUT2D eigenvalue weighted by Gasteiger charge is -2.16. The number of ether oxygens (including phenoxy) is 2. The first kappa shape index (κ1) is 17.8. The number of rotatable bonds is 8. The molecular weight excluding hydrogens is 356 g/mol. The molecule has 0 fully saturated rings. The highest BCUT2D eigenvalue weighted by molar-refractivity contribution is 9.10. The van der Waals surface area contributed by atoms with E-state index in [1.807, 2.05) is 18.2 Å². The standard InChI is InChI=1S/C18H23BrN2O2/c1-4-13(2)21-11-15-8-16(19)18(17(9-15)22-3)23-12-14-6-5-7-20-10-14/h5-10,13,21H,4,11-12H2,1-3H3. The van der Waals surface area contributed by atoms with E-state index in [9.17, 15) is 0 Å². The van der Waals surface area contributed by atoms with Crippen molar-refractivity contribution >= 4 is 15.9 Å². The number of methoxy groups -OCH3 is 1. The van der Waals surface area contributed by atoms with E-state index >= 15 is 0 Å². The Morgan fingerprint density at radius 3 is 2.78 bits per heavy atom. The molecule has 0 bridgehead atoms. The average molecular weight is 379 g/mol. The van der Waals surface area contributed by atoms with Crippen molar-refractivity contribution in [1.29, 1.82) is 0 Å². The quantitative estimate of drug-likeness (QED) is 0.742. The highest BCUT2D eigenvalue weighted by Gasteiger charge is 2.12. The van der Waals surface area contributed by atoms with Crippen LogP contribution in [-0.4, -0.2) is 18.1 Å². The van der Waals surface area contributed by atoms with Crippen molar-refractivity contribution in [2.24, 2.45) is 0 Å². The second-order valence-electron chi connectivity index (χ2n) is 5.45. The van der Waals surface area contributed by atoms with Crippen molar-refractivity contribution in [3.63, 3.8) is 0 Å². The molecule has 23 heavy (non-hydrogen) atoms. The van der Waals surface area contributed by atoms with Crippen molar-refractivity contribution in [1.82, 2.24) is 10.3 Å². The molecule has 1 aromatic heterocycles. The van der Waals surface area contributed by atoms with E-state index in [0.29, 0.717) is 18.4 Å². The Labute approximate surface area is 146 Å². The van der Waals surface area contributed by atoms with E-state index < -0.39 is 0 Å². The van der Waals surface area contributed by atoms with E-state index in [4.69, 9.17) is 9.47 Å². The van der Waals surface area contributed by atoms with E-state index in [-0.39, 0.29) is 0 Å². The molecule has 1 unspecified atom stereocenters. The number of benzene rings is 1. The molecule has 0 spiro atoms. The van der Waals surface area contributed by atoms with Crippen molar-refractivity contribution in [2.45, 2.75) is 39.5 Å².